The lowest BCUT2D eigenvalue weighted by Gasteiger charge is -2.05. The third-order valence-electron chi connectivity index (χ3n) is 3.53. The van der Waals surface area contributed by atoms with Gasteiger partial charge in [0.1, 0.15) is 21.5 Å². The molecule has 1 amide bonds. The predicted octanol–water partition coefficient (Wildman–Crippen LogP) is 3.79. The first-order chi connectivity index (χ1) is 12.0. The van der Waals surface area contributed by atoms with Gasteiger partial charge in [0.25, 0.3) is 5.91 Å². The number of nitriles is 1. The number of amides is 1. The summed E-state index contributed by atoms with van der Waals surface area (Å²) in [6.07, 6.45) is 1.81. The average Bonchev–Trinajstić information content (AvgIpc) is 2.93. The van der Waals surface area contributed by atoms with Crippen molar-refractivity contribution >= 4 is 55.6 Å². The monoisotopic (exact) mass is 433 g/mol. The number of anilines is 1. The molecule has 0 saturated heterocycles. The second-order valence-corrected chi connectivity index (χ2v) is 7.74. The molecule has 0 aliphatic carbocycles. The molecule has 1 aromatic carbocycles. The molecule has 0 fully saturated rings. The van der Waals surface area contributed by atoms with Crippen molar-refractivity contribution in [3.8, 4) is 6.07 Å². The van der Waals surface area contributed by atoms with Crippen molar-refractivity contribution in [1.82, 2.24) is 9.38 Å². The minimum Gasteiger partial charge on any atom is -0.321 e. The fourth-order valence-electron chi connectivity index (χ4n) is 2.33. The molecule has 2 N–H and O–H groups in total. The van der Waals surface area contributed by atoms with E-state index in [0.29, 0.717) is 26.2 Å². The van der Waals surface area contributed by atoms with Gasteiger partial charge in [-0.3, -0.25) is 14.6 Å². The highest BCUT2D eigenvalue weighted by Crippen LogP contribution is 2.25. The third-order valence-corrected chi connectivity index (χ3v) is 5.89. The molecule has 3 rings (SSSR count). The summed E-state index contributed by atoms with van der Waals surface area (Å²) in [4.78, 5) is 18.0. The number of carbonyl (C=O) groups is 1. The molecule has 2 aromatic heterocycles. The fraction of sp³-hybridized carbons (Fsp3) is 0.125. The van der Waals surface area contributed by atoms with Crippen molar-refractivity contribution in [3.05, 3.63) is 50.4 Å². The normalized spacial score (nSPS) is 10.6. The van der Waals surface area contributed by atoms with Gasteiger partial charge in [-0.05, 0) is 37.4 Å². The number of thiazole rings is 1. The number of aryl methyl sites for hydroxylation is 1. The summed E-state index contributed by atoms with van der Waals surface area (Å²) in [5.74, 6) is -0.265. The highest BCUT2D eigenvalue weighted by molar-refractivity contribution is 9.10. The van der Waals surface area contributed by atoms with Gasteiger partial charge in [-0.15, -0.1) is 11.8 Å². The summed E-state index contributed by atoms with van der Waals surface area (Å²) >= 11 is 5.87. The summed E-state index contributed by atoms with van der Waals surface area (Å²) in [5, 5.41) is 20.9. The lowest BCUT2D eigenvalue weighted by Crippen LogP contribution is -2.20. The van der Waals surface area contributed by atoms with Crippen LogP contribution in [0.15, 0.2) is 33.8 Å². The molecular formula is C16H12BrN5OS2. The Morgan fingerprint density at radius 2 is 2.12 bits per heavy atom. The maximum atomic E-state index is 12.6. The first-order valence-corrected chi connectivity index (χ1v) is 9.91. The number of benzene rings is 1. The van der Waals surface area contributed by atoms with Gasteiger partial charge in [-0.1, -0.05) is 27.3 Å². The first kappa shape index (κ1) is 17.7. The number of aromatic nitrogens is 2. The first-order valence-electron chi connectivity index (χ1n) is 7.08. The van der Waals surface area contributed by atoms with E-state index >= 15 is 0 Å². The Kier molecular flexibility index (Phi) is 4.94. The second-order valence-electron chi connectivity index (χ2n) is 5.05. The number of hydrogen-bond donors (Lipinski definition) is 2. The van der Waals surface area contributed by atoms with E-state index in [1.807, 2.05) is 18.2 Å². The molecule has 9 heteroatoms. The van der Waals surface area contributed by atoms with Crippen LogP contribution in [0.4, 0.5) is 5.69 Å². The van der Waals surface area contributed by atoms with Gasteiger partial charge >= 0.3 is 0 Å². The highest BCUT2D eigenvalue weighted by Gasteiger charge is 2.20. The quantitative estimate of drug-likeness (QED) is 0.485. The van der Waals surface area contributed by atoms with Gasteiger partial charge in [0.2, 0.25) is 0 Å². The van der Waals surface area contributed by atoms with Gasteiger partial charge in [0.05, 0.1) is 0 Å². The molecule has 0 unspecified atom stereocenters. The van der Waals surface area contributed by atoms with Crippen LogP contribution in [-0.2, 0) is 0 Å². The zero-order valence-corrected chi connectivity index (χ0v) is 16.5. The minimum absolute atomic E-state index is 0.0493. The van der Waals surface area contributed by atoms with Gasteiger partial charge in [-0.25, -0.2) is 4.98 Å². The van der Waals surface area contributed by atoms with Crippen LogP contribution in [0.3, 0.4) is 0 Å². The molecule has 3 aromatic rings. The Balaban J connectivity index is 2.08. The molecule has 2 heterocycles. The highest BCUT2D eigenvalue weighted by atomic mass is 79.9. The molecule has 0 aliphatic heterocycles. The summed E-state index contributed by atoms with van der Waals surface area (Å²) in [6, 6.07) is 9.31. The number of thioether (sulfide) groups is 1. The van der Waals surface area contributed by atoms with Gasteiger partial charge in [0, 0.05) is 15.9 Å². The third kappa shape index (κ3) is 3.20. The maximum absolute atomic E-state index is 12.6. The molecular weight excluding hydrogens is 422 g/mol. The Bertz CT molecular complexity index is 1080. The Labute approximate surface area is 160 Å². The SMILES string of the molecule is CSc1nc2sc(C(=O)Nc3ccc(Br)cc3)c(C)n2c(=N)c1C#N. The Morgan fingerprint density at radius 1 is 1.44 bits per heavy atom. The number of fused-ring (bicyclic) bond motifs is 1. The van der Waals surface area contributed by atoms with Crippen LogP contribution >= 0.6 is 39.0 Å². The summed E-state index contributed by atoms with van der Waals surface area (Å²) in [7, 11) is 0. The van der Waals surface area contributed by atoms with E-state index < -0.39 is 0 Å². The summed E-state index contributed by atoms with van der Waals surface area (Å²) in [5.41, 5.74) is 1.53. The van der Waals surface area contributed by atoms with Crippen LogP contribution in [0.1, 0.15) is 20.9 Å². The van der Waals surface area contributed by atoms with Gasteiger partial charge in [0.15, 0.2) is 10.4 Å². The molecule has 25 heavy (non-hydrogen) atoms. The molecule has 0 aliphatic rings. The van der Waals surface area contributed by atoms with Crippen molar-refractivity contribution < 1.29 is 4.79 Å². The van der Waals surface area contributed by atoms with Gasteiger partial charge in [-0.2, -0.15) is 5.26 Å². The Hall–Kier alpha value is -2.15. The fourth-order valence-corrected chi connectivity index (χ4v) is 4.20. The zero-order chi connectivity index (χ0) is 18.1. The molecule has 6 nitrogen and oxygen atoms in total. The predicted molar refractivity (Wildman–Crippen MR) is 102 cm³/mol. The van der Waals surface area contributed by atoms with Crippen molar-refractivity contribution in [2.75, 3.05) is 11.6 Å². The largest absolute Gasteiger partial charge is 0.321 e. The summed E-state index contributed by atoms with van der Waals surface area (Å²) in [6.45, 7) is 1.75. The second kappa shape index (κ2) is 7.00. The average molecular weight is 434 g/mol. The molecule has 0 saturated carbocycles. The number of nitrogens with one attached hydrogen (secondary N) is 2. The Morgan fingerprint density at radius 3 is 2.72 bits per heavy atom. The minimum atomic E-state index is -0.265. The summed E-state index contributed by atoms with van der Waals surface area (Å²) < 4.78 is 2.47. The van der Waals surface area contributed by atoms with Crippen molar-refractivity contribution in [2.45, 2.75) is 11.9 Å². The van der Waals surface area contributed by atoms with Crippen molar-refractivity contribution in [2.24, 2.45) is 0 Å². The van der Waals surface area contributed by atoms with Crippen molar-refractivity contribution in [1.29, 1.82) is 10.7 Å². The van der Waals surface area contributed by atoms with E-state index in [0.717, 1.165) is 4.47 Å². The lowest BCUT2D eigenvalue weighted by atomic mass is 10.3. The van der Waals surface area contributed by atoms with Crippen LogP contribution < -0.4 is 10.8 Å². The van der Waals surface area contributed by atoms with E-state index in [4.69, 9.17) is 5.41 Å². The van der Waals surface area contributed by atoms with E-state index in [1.54, 1.807) is 29.7 Å². The number of carbonyl (C=O) groups excluding carboxylic acids is 1. The van der Waals surface area contributed by atoms with Crippen LogP contribution in [0.2, 0.25) is 0 Å². The number of rotatable bonds is 3. The smallest absolute Gasteiger partial charge is 0.267 e. The molecule has 0 radical (unpaired) electrons. The van der Waals surface area contributed by atoms with E-state index in [2.05, 4.69) is 26.2 Å². The maximum Gasteiger partial charge on any atom is 0.267 e. The van der Waals surface area contributed by atoms with Crippen LogP contribution in [-0.4, -0.2) is 21.5 Å². The number of nitrogens with zero attached hydrogens (tertiary/aromatic N) is 3. The van der Waals surface area contributed by atoms with E-state index in [-0.39, 0.29) is 17.0 Å². The topological polar surface area (TPSA) is 94.0 Å². The van der Waals surface area contributed by atoms with Crippen LogP contribution in [0.5, 0.6) is 0 Å². The van der Waals surface area contributed by atoms with Crippen LogP contribution in [0.25, 0.3) is 4.96 Å². The number of hydrogen-bond acceptors (Lipinski definition) is 6. The van der Waals surface area contributed by atoms with Crippen LogP contribution in [0, 0.1) is 23.7 Å². The molecule has 0 spiro atoms. The lowest BCUT2D eigenvalue weighted by molar-refractivity contribution is 0.102. The standard InChI is InChI=1S/C16H12BrN5OS2/c1-8-12(14(23)20-10-5-3-9(17)4-6-10)25-16-21-15(24-2)11(7-18)13(19)22(8)16/h3-6,19H,1-2H3,(H,20,23). The molecule has 0 bridgehead atoms. The molecule has 126 valence electrons. The van der Waals surface area contributed by atoms with Gasteiger partial charge < -0.3 is 5.32 Å². The van der Waals surface area contributed by atoms with E-state index in [1.165, 1.54) is 23.1 Å². The molecule has 0 atom stereocenters. The zero-order valence-electron chi connectivity index (χ0n) is 13.3. The number of halogens is 1. The van der Waals surface area contributed by atoms with Crippen molar-refractivity contribution in [3.63, 3.8) is 0 Å². The van der Waals surface area contributed by atoms with E-state index in [9.17, 15) is 10.1 Å².